The van der Waals surface area contributed by atoms with Crippen LogP contribution in [0.3, 0.4) is 0 Å². The van der Waals surface area contributed by atoms with Crippen LogP contribution in [-0.2, 0) is 22.6 Å². The number of carbonyl (C=O) groups is 2. The number of ether oxygens (including phenoxy) is 1. The lowest BCUT2D eigenvalue weighted by atomic mass is 10.1. The summed E-state index contributed by atoms with van der Waals surface area (Å²) < 4.78 is 5.36. The van der Waals surface area contributed by atoms with Gasteiger partial charge in [0.25, 0.3) is 5.91 Å². The summed E-state index contributed by atoms with van der Waals surface area (Å²) in [4.78, 5) is 30.2. The predicted octanol–water partition coefficient (Wildman–Crippen LogP) is 1.61. The summed E-state index contributed by atoms with van der Waals surface area (Å²) in [5.41, 5.74) is 2.41. The van der Waals surface area contributed by atoms with Gasteiger partial charge in [-0.2, -0.15) is 0 Å². The molecule has 0 spiro atoms. The second-order valence-electron chi connectivity index (χ2n) is 6.52. The van der Waals surface area contributed by atoms with Crippen LogP contribution in [0.1, 0.15) is 21.6 Å². The molecule has 1 fully saturated rings. The molecule has 1 aliphatic rings. The van der Waals surface area contributed by atoms with E-state index in [2.05, 4.69) is 32.7 Å². The molecule has 1 aromatic carbocycles. The zero-order valence-corrected chi connectivity index (χ0v) is 16.2. The highest BCUT2D eigenvalue weighted by Crippen LogP contribution is 2.09. The Balaban J connectivity index is 1.39. The highest BCUT2D eigenvalue weighted by atomic mass is 35.5. The van der Waals surface area contributed by atoms with Crippen molar-refractivity contribution in [2.75, 3.05) is 32.8 Å². The fourth-order valence-electron chi connectivity index (χ4n) is 2.82. The van der Waals surface area contributed by atoms with E-state index in [-0.39, 0.29) is 18.1 Å². The van der Waals surface area contributed by atoms with Gasteiger partial charge in [0, 0.05) is 37.4 Å². The number of aromatic nitrogens is 1. The third-order valence-corrected chi connectivity index (χ3v) is 4.62. The van der Waals surface area contributed by atoms with Gasteiger partial charge in [-0.25, -0.2) is 0 Å². The zero-order chi connectivity index (χ0) is 19.8. The van der Waals surface area contributed by atoms with Crippen molar-refractivity contribution in [3.63, 3.8) is 0 Å². The Bertz CT molecular complexity index is 807. The topological polar surface area (TPSA) is 83.6 Å². The van der Waals surface area contributed by atoms with Crippen molar-refractivity contribution in [3.05, 3.63) is 64.4 Å². The second kappa shape index (κ2) is 10.2. The minimum Gasteiger partial charge on any atom is -0.379 e. The Morgan fingerprint density at radius 1 is 1.07 bits per heavy atom. The third kappa shape index (κ3) is 6.30. The number of benzene rings is 1. The number of morpholine rings is 1. The van der Waals surface area contributed by atoms with Crippen LogP contribution in [0.25, 0.3) is 0 Å². The first-order chi connectivity index (χ1) is 13.6. The van der Waals surface area contributed by atoms with Crippen LogP contribution in [-0.4, -0.2) is 54.5 Å². The Morgan fingerprint density at radius 3 is 2.50 bits per heavy atom. The number of pyridine rings is 1. The van der Waals surface area contributed by atoms with Crippen LogP contribution in [0.5, 0.6) is 0 Å². The van der Waals surface area contributed by atoms with Crippen molar-refractivity contribution in [1.82, 2.24) is 20.5 Å². The SMILES string of the molecule is O=C(CNC(=O)c1cc(Cl)ccn1)NCc1ccc(CN2CCOCC2)cc1. The normalized spacial score (nSPS) is 14.5. The number of carbonyl (C=O) groups excluding carboxylic acids is 2. The molecule has 28 heavy (non-hydrogen) atoms. The lowest BCUT2D eigenvalue weighted by molar-refractivity contribution is -0.120. The number of halogens is 1. The predicted molar refractivity (Wildman–Crippen MR) is 106 cm³/mol. The molecular formula is C20H23ClN4O3. The van der Waals surface area contributed by atoms with Crippen molar-refractivity contribution in [2.24, 2.45) is 0 Å². The molecule has 7 nitrogen and oxygen atoms in total. The van der Waals surface area contributed by atoms with Gasteiger partial charge < -0.3 is 15.4 Å². The number of hydrogen-bond donors (Lipinski definition) is 2. The highest BCUT2D eigenvalue weighted by Gasteiger charge is 2.11. The Labute approximate surface area is 169 Å². The van der Waals surface area contributed by atoms with E-state index in [1.807, 2.05) is 12.1 Å². The summed E-state index contributed by atoms with van der Waals surface area (Å²) >= 11 is 5.83. The first-order valence-corrected chi connectivity index (χ1v) is 9.52. The van der Waals surface area contributed by atoms with E-state index < -0.39 is 5.91 Å². The minimum atomic E-state index is -0.440. The lowest BCUT2D eigenvalue weighted by Crippen LogP contribution is -2.37. The fraction of sp³-hybridized carbons (Fsp3) is 0.350. The number of hydrogen-bond acceptors (Lipinski definition) is 5. The molecule has 0 bridgehead atoms. The number of nitrogens with one attached hydrogen (secondary N) is 2. The molecule has 0 aliphatic carbocycles. The molecule has 0 unspecified atom stereocenters. The average Bonchev–Trinajstić information content (AvgIpc) is 2.72. The smallest absolute Gasteiger partial charge is 0.270 e. The summed E-state index contributed by atoms with van der Waals surface area (Å²) in [6, 6.07) is 11.2. The second-order valence-corrected chi connectivity index (χ2v) is 6.96. The van der Waals surface area contributed by atoms with Gasteiger partial charge in [0.05, 0.1) is 19.8 Å². The quantitative estimate of drug-likeness (QED) is 0.735. The first-order valence-electron chi connectivity index (χ1n) is 9.14. The van der Waals surface area contributed by atoms with Gasteiger partial charge in [-0.05, 0) is 23.3 Å². The van der Waals surface area contributed by atoms with Gasteiger partial charge in [0.15, 0.2) is 0 Å². The fourth-order valence-corrected chi connectivity index (χ4v) is 2.98. The van der Waals surface area contributed by atoms with Crippen molar-refractivity contribution in [1.29, 1.82) is 0 Å². The van der Waals surface area contributed by atoms with E-state index in [4.69, 9.17) is 16.3 Å². The molecule has 2 heterocycles. The van der Waals surface area contributed by atoms with Crippen LogP contribution in [0.2, 0.25) is 5.02 Å². The average molecular weight is 403 g/mol. The number of rotatable bonds is 7. The van der Waals surface area contributed by atoms with Crippen molar-refractivity contribution >= 4 is 23.4 Å². The van der Waals surface area contributed by atoms with Crippen molar-refractivity contribution in [3.8, 4) is 0 Å². The van der Waals surface area contributed by atoms with E-state index in [0.29, 0.717) is 11.6 Å². The highest BCUT2D eigenvalue weighted by molar-refractivity contribution is 6.30. The van der Waals surface area contributed by atoms with Gasteiger partial charge in [0.1, 0.15) is 5.69 Å². The molecule has 148 valence electrons. The van der Waals surface area contributed by atoms with Crippen LogP contribution in [0.15, 0.2) is 42.6 Å². The number of amides is 2. The molecule has 0 atom stereocenters. The van der Waals surface area contributed by atoms with E-state index in [1.165, 1.54) is 17.8 Å². The van der Waals surface area contributed by atoms with Gasteiger partial charge >= 0.3 is 0 Å². The van der Waals surface area contributed by atoms with E-state index in [1.54, 1.807) is 6.07 Å². The first kappa shape index (κ1) is 20.3. The molecule has 2 aromatic rings. The summed E-state index contributed by atoms with van der Waals surface area (Å²) in [7, 11) is 0. The Morgan fingerprint density at radius 2 is 1.79 bits per heavy atom. The van der Waals surface area contributed by atoms with E-state index in [9.17, 15) is 9.59 Å². The molecule has 0 radical (unpaired) electrons. The molecule has 1 saturated heterocycles. The van der Waals surface area contributed by atoms with Crippen molar-refractivity contribution in [2.45, 2.75) is 13.1 Å². The van der Waals surface area contributed by atoms with Crippen LogP contribution < -0.4 is 10.6 Å². The van der Waals surface area contributed by atoms with Gasteiger partial charge in [-0.15, -0.1) is 0 Å². The summed E-state index contributed by atoms with van der Waals surface area (Å²) in [5, 5.41) is 5.74. The summed E-state index contributed by atoms with van der Waals surface area (Å²) in [5.74, 6) is -0.710. The van der Waals surface area contributed by atoms with Crippen LogP contribution in [0.4, 0.5) is 0 Å². The van der Waals surface area contributed by atoms with Crippen LogP contribution >= 0.6 is 11.6 Å². The molecular weight excluding hydrogens is 380 g/mol. The Hall–Kier alpha value is -2.48. The maximum Gasteiger partial charge on any atom is 0.270 e. The number of nitrogens with zero attached hydrogens (tertiary/aromatic N) is 2. The largest absolute Gasteiger partial charge is 0.379 e. The summed E-state index contributed by atoms with van der Waals surface area (Å²) in [6.45, 7) is 4.66. The molecule has 3 rings (SSSR count). The van der Waals surface area contributed by atoms with Gasteiger partial charge in [-0.1, -0.05) is 35.9 Å². The van der Waals surface area contributed by atoms with Gasteiger partial charge in [-0.3, -0.25) is 19.5 Å². The van der Waals surface area contributed by atoms with Crippen LogP contribution in [0, 0.1) is 0 Å². The summed E-state index contributed by atoms with van der Waals surface area (Å²) in [6.07, 6.45) is 1.44. The van der Waals surface area contributed by atoms with Crippen molar-refractivity contribution < 1.29 is 14.3 Å². The zero-order valence-electron chi connectivity index (χ0n) is 15.5. The molecule has 8 heteroatoms. The molecule has 0 saturated carbocycles. The van der Waals surface area contributed by atoms with Gasteiger partial charge in [0.2, 0.25) is 5.91 Å². The molecule has 2 amide bonds. The molecule has 1 aliphatic heterocycles. The minimum absolute atomic E-state index is 0.123. The standard InChI is InChI=1S/C20H23ClN4O3/c21-17-5-6-22-18(11-17)20(27)24-13-19(26)23-12-15-1-3-16(4-2-15)14-25-7-9-28-10-8-25/h1-6,11H,7-10,12-14H2,(H,23,26)(H,24,27). The lowest BCUT2D eigenvalue weighted by Gasteiger charge is -2.26. The molecule has 2 N–H and O–H groups in total. The monoisotopic (exact) mass is 402 g/mol. The molecule has 1 aromatic heterocycles. The maximum atomic E-state index is 12.0. The third-order valence-electron chi connectivity index (χ3n) is 4.39. The van der Waals surface area contributed by atoms with E-state index >= 15 is 0 Å². The maximum absolute atomic E-state index is 12.0. The van der Waals surface area contributed by atoms with E-state index in [0.717, 1.165) is 38.4 Å². The Kier molecular flexibility index (Phi) is 7.36.